The van der Waals surface area contributed by atoms with Crippen LogP contribution in [-0.4, -0.2) is 31.2 Å². The minimum atomic E-state index is -0.487. The number of ketones is 2. The van der Waals surface area contributed by atoms with Crippen molar-refractivity contribution in [2.45, 2.75) is 58.3 Å². The Morgan fingerprint density at radius 1 is 0.974 bits per heavy atom. The number of hydrogen-bond acceptors (Lipinski definition) is 6. The predicted octanol–water partition coefficient (Wildman–Crippen LogP) is 6.06. The van der Waals surface area contributed by atoms with Crippen LogP contribution in [0.3, 0.4) is 0 Å². The Bertz CT molecular complexity index is 1360. The molecule has 0 unspecified atom stereocenters. The van der Waals surface area contributed by atoms with Crippen molar-refractivity contribution in [1.29, 1.82) is 0 Å². The first-order chi connectivity index (χ1) is 18.3. The molecule has 1 heterocycles. The average Bonchev–Trinajstić information content (AvgIpc) is 2.89. The van der Waals surface area contributed by atoms with E-state index in [0.29, 0.717) is 65.5 Å². The molecular formula is C30H30INO6. The molecule has 7 nitrogen and oxygen atoms in total. The molecular weight excluding hydrogens is 597 g/mol. The SMILES string of the molecule is COc1cc(C2C3=C(CCCC3=O)OC3=C2C(=O)CCC3)cc(I)c1OCC(=O)Nc1ccc(C)c(C)c1. The summed E-state index contributed by atoms with van der Waals surface area (Å²) in [4.78, 5) is 38.8. The van der Waals surface area contributed by atoms with Gasteiger partial charge >= 0.3 is 0 Å². The number of amides is 1. The second kappa shape index (κ2) is 10.9. The molecule has 0 fully saturated rings. The van der Waals surface area contributed by atoms with E-state index in [1.807, 2.05) is 44.2 Å². The Balaban J connectivity index is 1.44. The summed E-state index contributed by atoms with van der Waals surface area (Å²) in [6, 6.07) is 9.47. The number of hydrogen-bond donors (Lipinski definition) is 1. The normalized spacial score (nSPS) is 17.6. The third kappa shape index (κ3) is 5.10. The Morgan fingerprint density at radius 2 is 1.63 bits per heavy atom. The summed E-state index contributed by atoms with van der Waals surface area (Å²) in [6.45, 7) is 3.82. The Morgan fingerprint density at radius 3 is 2.24 bits per heavy atom. The summed E-state index contributed by atoms with van der Waals surface area (Å²) in [7, 11) is 1.54. The number of ether oxygens (including phenoxy) is 3. The summed E-state index contributed by atoms with van der Waals surface area (Å²) in [5.41, 5.74) is 4.91. The molecule has 0 saturated heterocycles. The second-order valence-electron chi connectivity index (χ2n) is 9.93. The largest absolute Gasteiger partial charge is 0.493 e. The van der Waals surface area contributed by atoms with Crippen molar-refractivity contribution in [3.63, 3.8) is 0 Å². The van der Waals surface area contributed by atoms with Crippen LogP contribution in [0.1, 0.15) is 61.1 Å². The molecule has 198 valence electrons. The van der Waals surface area contributed by atoms with Crippen molar-refractivity contribution in [2.24, 2.45) is 0 Å². The van der Waals surface area contributed by atoms with Gasteiger partial charge in [-0.1, -0.05) is 6.07 Å². The Hall–Kier alpha value is -3.14. The van der Waals surface area contributed by atoms with Crippen molar-refractivity contribution in [2.75, 3.05) is 19.0 Å². The quantitative estimate of drug-likeness (QED) is 0.392. The molecule has 0 atom stereocenters. The minimum absolute atomic E-state index is 0.0264. The van der Waals surface area contributed by atoms with Crippen molar-refractivity contribution < 1.29 is 28.6 Å². The van der Waals surface area contributed by atoms with Crippen LogP contribution < -0.4 is 14.8 Å². The van der Waals surface area contributed by atoms with E-state index in [2.05, 4.69) is 27.9 Å². The predicted molar refractivity (Wildman–Crippen MR) is 151 cm³/mol. The second-order valence-corrected chi connectivity index (χ2v) is 11.1. The van der Waals surface area contributed by atoms with Gasteiger partial charge in [0.15, 0.2) is 29.7 Å². The summed E-state index contributed by atoms with van der Waals surface area (Å²) in [6.07, 6.45) is 3.76. The third-order valence-corrected chi connectivity index (χ3v) is 8.17. The average molecular weight is 627 g/mol. The molecule has 5 rings (SSSR count). The Labute approximate surface area is 235 Å². The molecule has 8 heteroatoms. The fourth-order valence-electron chi connectivity index (χ4n) is 5.35. The lowest BCUT2D eigenvalue weighted by Crippen LogP contribution is -2.30. The maximum atomic E-state index is 13.1. The van der Waals surface area contributed by atoms with E-state index in [4.69, 9.17) is 14.2 Å². The van der Waals surface area contributed by atoms with Gasteiger partial charge < -0.3 is 19.5 Å². The molecule has 1 N–H and O–H groups in total. The topological polar surface area (TPSA) is 90.9 Å². The van der Waals surface area contributed by atoms with Gasteiger partial charge in [-0.05, 0) is 90.2 Å². The fraction of sp³-hybridized carbons (Fsp3) is 0.367. The molecule has 0 spiro atoms. The lowest BCUT2D eigenvalue weighted by atomic mass is 9.73. The zero-order valence-corrected chi connectivity index (χ0v) is 23.9. The summed E-state index contributed by atoms with van der Waals surface area (Å²) < 4.78 is 18.4. The number of rotatable bonds is 6. The van der Waals surface area contributed by atoms with E-state index in [0.717, 1.165) is 33.1 Å². The smallest absolute Gasteiger partial charge is 0.262 e. The zero-order valence-electron chi connectivity index (χ0n) is 21.7. The van der Waals surface area contributed by atoms with Crippen LogP contribution >= 0.6 is 22.6 Å². The van der Waals surface area contributed by atoms with Crippen LogP contribution in [0.15, 0.2) is 53.0 Å². The lowest BCUT2D eigenvalue weighted by molar-refractivity contribution is -0.119. The molecule has 3 aliphatic rings. The van der Waals surface area contributed by atoms with Gasteiger partial charge in [0.2, 0.25) is 0 Å². The maximum Gasteiger partial charge on any atom is 0.262 e. The lowest BCUT2D eigenvalue weighted by Gasteiger charge is -2.36. The van der Waals surface area contributed by atoms with Crippen molar-refractivity contribution >= 4 is 45.8 Å². The van der Waals surface area contributed by atoms with Crippen LogP contribution in [0.2, 0.25) is 0 Å². The van der Waals surface area contributed by atoms with Gasteiger partial charge in [-0.3, -0.25) is 14.4 Å². The van der Waals surface area contributed by atoms with Gasteiger partial charge in [-0.25, -0.2) is 0 Å². The minimum Gasteiger partial charge on any atom is -0.493 e. The van der Waals surface area contributed by atoms with E-state index in [-0.39, 0.29) is 24.1 Å². The summed E-state index contributed by atoms with van der Waals surface area (Å²) >= 11 is 2.15. The summed E-state index contributed by atoms with van der Waals surface area (Å²) in [5, 5.41) is 2.86. The van der Waals surface area contributed by atoms with Gasteiger partial charge in [0, 0.05) is 48.4 Å². The van der Waals surface area contributed by atoms with Crippen molar-refractivity contribution in [3.05, 3.63) is 73.3 Å². The molecule has 2 aliphatic carbocycles. The van der Waals surface area contributed by atoms with Crippen LogP contribution in [0.5, 0.6) is 11.5 Å². The summed E-state index contributed by atoms with van der Waals surface area (Å²) in [5.74, 6) is 1.54. The number of benzene rings is 2. The highest BCUT2D eigenvalue weighted by Gasteiger charge is 2.42. The molecule has 0 aromatic heterocycles. The first-order valence-corrected chi connectivity index (χ1v) is 13.9. The number of aryl methyl sites for hydroxylation is 2. The molecule has 38 heavy (non-hydrogen) atoms. The molecule has 2 aromatic carbocycles. The highest BCUT2D eigenvalue weighted by atomic mass is 127. The van der Waals surface area contributed by atoms with Crippen LogP contribution in [0, 0.1) is 17.4 Å². The van der Waals surface area contributed by atoms with E-state index in [1.165, 1.54) is 7.11 Å². The van der Waals surface area contributed by atoms with Crippen LogP contribution in [-0.2, 0) is 19.1 Å². The monoisotopic (exact) mass is 627 g/mol. The number of methoxy groups -OCH3 is 1. The van der Waals surface area contributed by atoms with Gasteiger partial charge in [-0.2, -0.15) is 0 Å². The zero-order chi connectivity index (χ0) is 27.0. The number of anilines is 1. The van der Waals surface area contributed by atoms with Crippen LogP contribution in [0.25, 0.3) is 0 Å². The molecule has 1 aliphatic heterocycles. The number of Topliss-reactive ketones (excluding diaryl/α,β-unsaturated/α-hetero) is 2. The van der Waals surface area contributed by atoms with Gasteiger partial charge in [-0.15, -0.1) is 0 Å². The van der Waals surface area contributed by atoms with E-state index in [9.17, 15) is 14.4 Å². The maximum absolute atomic E-state index is 13.1. The molecule has 1 amide bonds. The van der Waals surface area contributed by atoms with E-state index < -0.39 is 5.92 Å². The number of allylic oxidation sites excluding steroid dienone is 4. The number of nitrogens with one attached hydrogen (secondary N) is 1. The van der Waals surface area contributed by atoms with Gasteiger partial charge in [0.05, 0.1) is 10.7 Å². The standard InChI is InChI=1S/C30H30INO6/c1-16-10-11-19(12-17(16)2)32-26(35)15-37-30-20(31)13-18(14-25(30)36-3)27-28-21(33)6-4-8-23(28)38-24-9-5-7-22(34)29(24)27/h10-14,27H,4-9,15H2,1-3H3,(H,32,35). The van der Waals surface area contributed by atoms with Crippen molar-refractivity contribution in [1.82, 2.24) is 0 Å². The molecule has 0 radical (unpaired) electrons. The highest BCUT2D eigenvalue weighted by molar-refractivity contribution is 14.1. The highest BCUT2D eigenvalue weighted by Crippen LogP contribution is 2.49. The number of carbonyl (C=O) groups excluding carboxylic acids is 3. The molecule has 0 saturated carbocycles. The third-order valence-electron chi connectivity index (χ3n) is 7.36. The molecule has 0 bridgehead atoms. The first-order valence-electron chi connectivity index (χ1n) is 12.8. The van der Waals surface area contributed by atoms with Gasteiger partial charge in [0.1, 0.15) is 11.5 Å². The van der Waals surface area contributed by atoms with Gasteiger partial charge in [0.25, 0.3) is 5.91 Å². The fourth-order valence-corrected chi connectivity index (χ4v) is 6.13. The van der Waals surface area contributed by atoms with E-state index in [1.54, 1.807) is 0 Å². The first kappa shape index (κ1) is 26.5. The van der Waals surface area contributed by atoms with Crippen molar-refractivity contribution in [3.8, 4) is 11.5 Å². The van der Waals surface area contributed by atoms with E-state index >= 15 is 0 Å². The van der Waals surface area contributed by atoms with Crippen LogP contribution in [0.4, 0.5) is 5.69 Å². The number of carbonyl (C=O) groups is 3. The Kier molecular flexibility index (Phi) is 7.61. The molecule has 2 aromatic rings. The number of halogens is 1.